The number of alkyl halides is 1. The van der Waals surface area contributed by atoms with Gasteiger partial charge in [0.1, 0.15) is 5.82 Å². The third kappa shape index (κ3) is 2.93. The van der Waals surface area contributed by atoms with Crippen LogP contribution in [0.15, 0.2) is 22.7 Å². The van der Waals surface area contributed by atoms with Crippen LogP contribution in [0.3, 0.4) is 0 Å². The van der Waals surface area contributed by atoms with E-state index in [4.69, 9.17) is 17.3 Å². The van der Waals surface area contributed by atoms with Gasteiger partial charge in [-0.2, -0.15) is 0 Å². The van der Waals surface area contributed by atoms with E-state index in [-0.39, 0.29) is 11.9 Å². The molecule has 0 aliphatic carbocycles. The first-order valence-electron chi connectivity index (χ1n) is 3.91. The summed E-state index contributed by atoms with van der Waals surface area (Å²) in [5.74, 6) is 0.161. The zero-order chi connectivity index (χ0) is 9.84. The summed E-state index contributed by atoms with van der Waals surface area (Å²) < 4.78 is 14.0. The van der Waals surface area contributed by atoms with Gasteiger partial charge < -0.3 is 5.73 Å². The minimum Gasteiger partial charge on any atom is -0.324 e. The molecule has 0 spiro atoms. The van der Waals surface area contributed by atoms with E-state index in [1.165, 1.54) is 6.07 Å². The standard InChI is InChI=1S/C9H10BrClFN/c10-6-1-2-8(12)7(5-6)9(13)3-4-11/h1-2,5,9H,3-4,13H2. The van der Waals surface area contributed by atoms with Gasteiger partial charge in [-0.1, -0.05) is 15.9 Å². The Balaban J connectivity index is 2.91. The first-order chi connectivity index (χ1) is 6.15. The molecule has 0 saturated heterocycles. The lowest BCUT2D eigenvalue weighted by molar-refractivity contribution is 0.576. The lowest BCUT2D eigenvalue weighted by Crippen LogP contribution is -2.12. The molecule has 2 N–H and O–H groups in total. The summed E-state index contributed by atoms with van der Waals surface area (Å²) in [6.07, 6.45) is 0.578. The van der Waals surface area contributed by atoms with Gasteiger partial charge >= 0.3 is 0 Å². The van der Waals surface area contributed by atoms with Crippen molar-refractivity contribution in [2.24, 2.45) is 5.73 Å². The Bertz CT molecular complexity index is 293. The molecule has 72 valence electrons. The Kier molecular flexibility index (Phi) is 4.16. The number of nitrogens with two attached hydrogens (primary N) is 1. The van der Waals surface area contributed by atoms with E-state index in [2.05, 4.69) is 15.9 Å². The van der Waals surface area contributed by atoms with E-state index in [1.54, 1.807) is 12.1 Å². The Labute approximate surface area is 90.2 Å². The summed E-state index contributed by atoms with van der Waals surface area (Å²) in [6.45, 7) is 0. The summed E-state index contributed by atoms with van der Waals surface area (Å²) in [4.78, 5) is 0. The molecule has 0 aliphatic rings. The fourth-order valence-electron chi connectivity index (χ4n) is 1.07. The first-order valence-corrected chi connectivity index (χ1v) is 5.24. The van der Waals surface area contributed by atoms with Crippen LogP contribution in [0.5, 0.6) is 0 Å². The predicted molar refractivity (Wildman–Crippen MR) is 56.4 cm³/mol. The van der Waals surface area contributed by atoms with Crippen molar-refractivity contribution in [2.45, 2.75) is 12.5 Å². The van der Waals surface area contributed by atoms with Crippen molar-refractivity contribution < 1.29 is 4.39 Å². The SMILES string of the molecule is NC(CCCl)c1cc(Br)ccc1F. The molecule has 1 unspecified atom stereocenters. The molecule has 4 heteroatoms. The van der Waals surface area contributed by atoms with E-state index >= 15 is 0 Å². The molecule has 1 nitrogen and oxygen atoms in total. The van der Waals surface area contributed by atoms with Crippen LogP contribution in [0, 0.1) is 5.82 Å². The smallest absolute Gasteiger partial charge is 0.128 e. The first kappa shape index (κ1) is 11.0. The maximum Gasteiger partial charge on any atom is 0.128 e. The highest BCUT2D eigenvalue weighted by Gasteiger charge is 2.10. The van der Waals surface area contributed by atoms with Crippen LogP contribution in [0.4, 0.5) is 4.39 Å². The van der Waals surface area contributed by atoms with E-state index in [9.17, 15) is 4.39 Å². The molecule has 1 aromatic carbocycles. The van der Waals surface area contributed by atoms with Crippen molar-refractivity contribution >= 4 is 27.5 Å². The molecular weight excluding hydrogens is 256 g/mol. The van der Waals surface area contributed by atoms with Crippen LogP contribution in [-0.4, -0.2) is 5.88 Å². The van der Waals surface area contributed by atoms with Crippen LogP contribution in [0.2, 0.25) is 0 Å². The molecule has 0 saturated carbocycles. The molecule has 13 heavy (non-hydrogen) atoms. The third-order valence-electron chi connectivity index (χ3n) is 1.78. The monoisotopic (exact) mass is 265 g/mol. The second-order valence-electron chi connectivity index (χ2n) is 2.75. The molecule has 0 heterocycles. The number of rotatable bonds is 3. The minimum atomic E-state index is -0.324. The maximum atomic E-state index is 13.2. The quantitative estimate of drug-likeness (QED) is 0.835. The number of hydrogen-bond acceptors (Lipinski definition) is 1. The minimum absolute atomic E-state index is 0.277. The predicted octanol–water partition coefficient (Wildman–Crippen LogP) is 3.22. The highest BCUT2D eigenvalue weighted by molar-refractivity contribution is 9.10. The lowest BCUT2D eigenvalue weighted by Gasteiger charge is -2.11. The Morgan fingerprint density at radius 3 is 2.85 bits per heavy atom. The fraction of sp³-hybridized carbons (Fsp3) is 0.333. The maximum absolute atomic E-state index is 13.2. The van der Waals surface area contributed by atoms with Gasteiger partial charge in [0.15, 0.2) is 0 Å². The van der Waals surface area contributed by atoms with Crippen molar-refractivity contribution in [1.82, 2.24) is 0 Å². The van der Waals surface area contributed by atoms with Crippen molar-refractivity contribution in [3.8, 4) is 0 Å². The van der Waals surface area contributed by atoms with Crippen molar-refractivity contribution in [3.05, 3.63) is 34.1 Å². The van der Waals surface area contributed by atoms with Gasteiger partial charge in [0.2, 0.25) is 0 Å². The van der Waals surface area contributed by atoms with Crippen molar-refractivity contribution in [2.75, 3.05) is 5.88 Å². The summed E-state index contributed by atoms with van der Waals surface area (Å²) in [5, 5.41) is 0. The lowest BCUT2D eigenvalue weighted by atomic mass is 10.1. The average Bonchev–Trinajstić information content (AvgIpc) is 2.09. The third-order valence-corrected chi connectivity index (χ3v) is 2.49. The van der Waals surface area contributed by atoms with Gasteiger partial charge in [0.25, 0.3) is 0 Å². The highest BCUT2D eigenvalue weighted by atomic mass is 79.9. The summed E-state index contributed by atoms with van der Waals surface area (Å²) in [6, 6.07) is 4.40. The van der Waals surface area contributed by atoms with Gasteiger partial charge in [-0.05, 0) is 24.6 Å². The molecule has 0 fully saturated rings. The fourth-order valence-corrected chi connectivity index (χ4v) is 1.69. The second-order valence-corrected chi connectivity index (χ2v) is 4.04. The molecule has 0 amide bonds. The molecule has 1 rings (SSSR count). The largest absolute Gasteiger partial charge is 0.324 e. The van der Waals surface area contributed by atoms with E-state index in [1.807, 2.05) is 0 Å². The van der Waals surface area contributed by atoms with Crippen LogP contribution in [-0.2, 0) is 0 Å². The molecule has 0 radical (unpaired) electrons. The molecule has 1 aromatic rings. The highest BCUT2D eigenvalue weighted by Crippen LogP contribution is 2.22. The van der Waals surface area contributed by atoms with Crippen LogP contribution in [0.1, 0.15) is 18.0 Å². The zero-order valence-electron chi connectivity index (χ0n) is 6.93. The number of halogens is 3. The normalized spacial score (nSPS) is 12.9. The van der Waals surface area contributed by atoms with Crippen LogP contribution in [0.25, 0.3) is 0 Å². The van der Waals surface area contributed by atoms with Gasteiger partial charge in [0, 0.05) is 22.0 Å². The van der Waals surface area contributed by atoms with Gasteiger partial charge in [-0.15, -0.1) is 11.6 Å². The summed E-state index contributed by atoms with van der Waals surface area (Å²) >= 11 is 8.78. The number of hydrogen-bond donors (Lipinski definition) is 1. The Hall–Kier alpha value is -0.120. The van der Waals surface area contributed by atoms with E-state index in [0.29, 0.717) is 17.9 Å². The van der Waals surface area contributed by atoms with Gasteiger partial charge in [-0.3, -0.25) is 0 Å². The molecule has 0 aromatic heterocycles. The molecular formula is C9H10BrClFN. The molecule has 1 atom stereocenters. The van der Waals surface area contributed by atoms with Crippen LogP contribution >= 0.6 is 27.5 Å². The second kappa shape index (κ2) is 4.94. The van der Waals surface area contributed by atoms with Gasteiger partial charge in [0.05, 0.1) is 0 Å². The van der Waals surface area contributed by atoms with Crippen molar-refractivity contribution in [3.63, 3.8) is 0 Å². The molecule has 0 aliphatic heterocycles. The van der Waals surface area contributed by atoms with Crippen LogP contribution < -0.4 is 5.73 Å². The Morgan fingerprint density at radius 2 is 2.23 bits per heavy atom. The average molecular weight is 267 g/mol. The summed E-state index contributed by atoms with van der Waals surface area (Å²) in [5.41, 5.74) is 6.24. The molecule has 0 bridgehead atoms. The van der Waals surface area contributed by atoms with E-state index in [0.717, 1.165) is 4.47 Å². The Morgan fingerprint density at radius 1 is 1.54 bits per heavy atom. The van der Waals surface area contributed by atoms with E-state index < -0.39 is 0 Å². The topological polar surface area (TPSA) is 26.0 Å². The van der Waals surface area contributed by atoms with Crippen molar-refractivity contribution in [1.29, 1.82) is 0 Å². The number of benzene rings is 1. The van der Waals surface area contributed by atoms with Gasteiger partial charge in [-0.25, -0.2) is 4.39 Å². The summed E-state index contributed by atoms with van der Waals surface area (Å²) in [7, 11) is 0. The zero-order valence-corrected chi connectivity index (χ0v) is 9.28.